The summed E-state index contributed by atoms with van der Waals surface area (Å²) >= 11 is 6.01. The number of nitrogens with one attached hydrogen (secondary N) is 1. The molecule has 1 atom stereocenters. The van der Waals surface area contributed by atoms with Crippen LogP contribution < -0.4 is 15.8 Å². The highest BCUT2D eigenvalue weighted by molar-refractivity contribution is 6.32. The third kappa shape index (κ3) is 3.51. The fourth-order valence-electron chi connectivity index (χ4n) is 2.36. The largest absolute Gasteiger partial charge is 0.495 e. The molecule has 1 fully saturated rings. The minimum atomic E-state index is 0. The molecule has 1 saturated heterocycles. The molecule has 1 aliphatic rings. The topological polar surface area (TPSA) is 47.3 Å². The van der Waals surface area contributed by atoms with Crippen molar-refractivity contribution < 1.29 is 4.74 Å². The smallest absolute Gasteiger partial charge is 0.137 e. The molecule has 0 saturated carbocycles. The van der Waals surface area contributed by atoms with Crippen molar-refractivity contribution >= 4 is 24.0 Å². The van der Waals surface area contributed by atoms with Gasteiger partial charge in [0, 0.05) is 6.04 Å². The van der Waals surface area contributed by atoms with Crippen LogP contribution in [-0.4, -0.2) is 20.2 Å². The fraction of sp³-hybridized carbons (Fsp3) is 0.538. The molecule has 5 heteroatoms. The second kappa shape index (κ2) is 7.19. The molecule has 0 spiro atoms. The van der Waals surface area contributed by atoms with Crippen molar-refractivity contribution in [2.75, 3.05) is 20.2 Å². The van der Waals surface area contributed by atoms with E-state index in [0.29, 0.717) is 16.7 Å². The number of halogens is 2. The molecule has 18 heavy (non-hydrogen) atoms. The van der Waals surface area contributed by atoms with Crippen LogP contribution in [-0.2, 0) is 0 Å². The quantitative estimate of drug-likeness (QED) is 0.900. The van der Waals surface area contributed by atoms with Crippen molar-refractivity contribution in [3.05, 3.63) is 28.8 Å². The first-order chi connectivity index (χ1) is 8.22. The molecule has 3 nitrogen and oxygen atoms in total. The second-order valence-corrected chi connectivity index (χ2v) is 4.91. The van der Waals surface area contributed by atoms with Crippen LogP contribution in [0, 0.1) is 5.92 Å². The summed E-state index contributed by atoms with van der Waals surface area (Å²) in [7, 11) is 1.63. The van der Waals surface area contributed by atoms with Gasteiger partial charge in [-0.05, 0) is 49.5 Å². The van der Waals surface area contributed by atoms with E-state index >= 15 is 0 Å². The molecule has 102 valence electrons. The van der Waals surface area contributed by atoms with E-state index in [1.807, 2.05) is 18.2 Å². The average molecular weight is 291 g/mol. The Morgan fingerprint density at radius 3 is 2.67 bits per heavy atom. The van der Waals surface area contributed by atoms with Crippen molar-refractivity contribution in [2.24, 2.45) is 11.7 Å². The Kier molecular flexibility index (Phi) is 6.22. The van der Waals surface area contributed by atoms with Crippen molar-refractivity contribution in [2.45, 2.75) is 18.9 Å². The lowest BCUT2D eigenvalue weighted by molar-refractivity contribution is 0.321. The monoisotopic (exact) mass is 290 g/mol. The minimum Gasteiger partial charge on any atom is -0.495 e. The Bertz CT molecular complexity index is 381. The minimum absolute atomic E-state index is 0. The first-order valence-corrected chi connectivity index (χ1v) is 6.40. The molecular formula is C13H20Cl2N2O. The highest BCUT2D eigenvalue weighted by Gasteiger charge is 2.22. The van der Waals surface area contributed by atoms with Gasteiger partial charge in [0.1, 0.15) is 5.75 Å². The molecule has 0 radical (unpaired) electrons. The van der Waals surface area contributed by atoms with Gasteiger partial charge < -0.3 is 15.8 Å². The van der Waals surface area contributed by atoms with Gasteiger partial charge in [-0.3, -0.25) is 0 Å². The maximum Gasteiger partial charge on any atom is 0.137 e. The van der Waals surface area contributed by atoms with E-state index in [1.165, 1.54) is 0 Å². The maximum atomic E-state index is 6.32. The number of nitrogens with two attached hydrogens (primary N) is 1. The average Bonchev–Trinajstić information content (AvgIpc) is 2.39. The van der Waals surface area contributed by atoms with Gasteiger partial charge in [0.2, 0.25) is 0 Å². The molecule has 0 bridgehead atoms. The number of benzene rings is 1. The van der Waals surface area contributed by atoms with Crippen molar-refractivity contribution in [1.29, 1.82) is 0 Å². The van der Waals surface area contributed by atoms with Crippen LogP contribution in [0.25, 0.3) is 0 Å². The summed E-state index contributed by atoms with van der Waals surface area (Å²) in [6.45, 7) is 2.12. The SMILES string of the molecule is COc1cc([C@H](N)C2CCNCC2)ccc1Cl.Cl. The van der Waals surface area contributed by atoms with Gasteiger partial charge in [-0.25, -0.2) is 0 Å². The van der Waals surface area contributed by atoms with E-state index in [2.05, 4.69) is 5.32 Å². The van der Waals surface area contributed by atoms with Crippen LogP contribution in [0.4, 0.5) is 0 Å². The molecule has 0 unspecified atom stereocenters. The summed E-state index contributed by atoms with van der Waals surface area (Å²) in [5.74, 6) is 1.25. The summed E-state index contributed by atoms with van der Waals surface area (Å²) < 4.78 is 5.22. The number of hydrogen-bond acceptors (Lipinski definition) is 3. The Labute approximate surface area is 119 Å². The lowest BCUT2D eigenvalue weighted by atomic mass is 9.86. The number of hydrogen-bond donors (Lipinski definition) is 2. The molecule has 1 heterocycles. The Balaban J connectivity index is 0.00000162. The van der Waals surface area contributed by atoms with Gasteiger partial charge in [-0.2, -0.15) is 0 Å². The Morgan fingerprint density at radius 2 is 2.06 bits per heavy atom. The molecule has 0 aliphatic carbocycles. The predicted octanol–water partition coefficient (Wildman–Crippen LogP) is 2.77. The molecule has 2 rings (SSSR count). The fourth-order valence-corrected chi connectivity index (χ4v) is 2.55. The Hall–Kier alpha value is -0.480. The van der Waals surface area contributed by atoms with E-state index in [0.717, 1.165) is 31.5 Å². The zero-order chi connectivity index (χ0) is 12.3. The zero-order valence-electron chi connectivity index (χ0n) is 10.5. The summed E-state index contributed by atoms with van der Waals surface area (Å²) in [5, 5.41) is 3.98. The van der Waals surface area contributed by atoms with E-state index in [9.17, 15) is 0 Å². The Morgan fingerprint density at radius 1 is 1.39 bits per heavy atom. The van der Waals surface area contributed by atoms with Gasteiger partial charge in [-0.15, -0.1) is 12.4 Å². The van der Waals surface area contributed by atoms with E-state index < -0.39 is 0 Å². The van der Waals surface area contributed by atoms with Crippen LogP contribution in [0.15, 0.2) is 18.2 Å². The number of methoxy groups -OCH3 is 1. The standard InChI is InChI=1S/C13H19ClN2O.ClH/c1-17-12-8-10(2-3-11(12)14)13(15)9-4-6-16-7-5-9;/h2-3,8-9,13,16H,4-7,15H2,1H3;1H/t13-;/m1./s1. The lowest BCUT2D eigenvalue weighted by Gasteiger charge is -2.28. The van der Waals surface area contributed by atoms with Crippen LogP contribution in [0.3, 0.4) is 0 Å². The molecule has 1 aliphatic heterocycles. The van der Waals surface area contributed by atoms with E-state index in [4.69, 9.17) is 22.1 Å². The van der Waals surface area contributed by atoms with Crippen LogP contribution in [0.5, 0.6) is 5.75 Å². The van der Waals surface area contributed by atoms with Gasteiger partial charge in [0.05, 0.1) is 12.1 Å². The van der Waals surface area contributed by atoms with Crippen LogP contribution in [0.1, 0.15) is 24.4 Å². The van der Waals surface area contributed by atoms with Crippen molar-refractivity contribution in [1.82, 2.24) is 5.32 Å². The van der Waals surface area contributed by atoms with E-state index in [-0.39, 0.29) is 18.4 Å². The predicted molar refractivity (Wildman–Crippen MR) is 77.8 cm³/mol. The molecule has 1 aromatic carbocycles. The zero-order valence-corrected chi connectivity index (χ0v) is 12.1. The summed E-state index contributed by atoms with van der Waals surface area (Å²) in [6.07, 6.45) is 2.26. The van der Waals surface area contributed by atoms with Gasteiger partial charge in [0.25, 0.3) is 0 Å². The molecular weight excluding hydrogens is 271 g/mol. The summed E-state index contributed by atoms with van der Waals surface area (Å²) in [5.41, 5.74) is 7.43. The maximum absolute atomic E-state index is 6.32. The number of rotatable bonds is 3. The van der Waals surface area contributed by atoms with Gasteiger partial charge in [-0.1, -0.05) is 17.7 Å². The molecule has 1 aromatic rings. The summed E-state index contributed by atoms with van der Waals surface area (Å²) in [4.78, 5) is 0. The van der Waals surface area contributed by atoms with Crippen molar-refractivity contribution in [3.63, 3.8) is 0 Å². The van der Waals surface area contributed by atoms with Gasteiger partial charge >= 0.3 is 0 Å². The highest BCUT2D eigenvalue weighted by Crippen LogP contribution is 2.32. The lowest BCUT2D eigenvalue weighted by Crippen LogP contribution is -2.33. The van der Waals surface area contributed by atoms with Crippen LogP contribution in [0.2, 0.25) is 5.02 Å². The molecule has 0 aromatic heterocycles. The van der Waals surface area contributed by atoms with Gasteiger partial charge in [0.15, 0.2) is 0 Å². The third-order valence-corrected chi connectivity index (χ3v) is 3.76. The summed E-state index contributed by atoms with van der Waals surface area (Å²) in [6, 6.07) is 5.88. The third-order valence-electron chi connectivity index (χ3n) is 3.45. The highest BCUT2D eigenvalue weighted by atomic mass is 35.5. The molecule has 0 amide bonds. The second-order valence-electron chi connectivity index (χ2n) is 4.51. The number of piperidine rings is 1. The van der Waals surface area contributed by atoms with Crippen molar-refractivity contribution in [3.8, 4) is 5.75 Å². The van der Waals surface area contributed by atoms with Crippen LogP contribution >= 0.6 is 24.0 Å². The first-order valence-electron chi connectivity index (χ1n) is 6.02. The number of ether oxygens (including phenoxy) is 1. The van der Waals surface area contributed by atoms with E-state index in [1.54, 1.807) is 7.11 Å². The normalized spacial score (nSPS) is 17.9. The first kappa shape index (κ1) is 15.6. The molecule has 3 N–H and O–H groups in total.